The van der Waals surface area contributed by atoms with Gasteiger partial charge in [-0.05, 0) is 12.0 Å². The van der Waals surface area contributed by atoms with E-state index in [0.29, 0.717) is 16.1 Å². The Hall–Kier alpha value is -1.19. The summed E-state index contributed by atoms with van der Waals surface area (Å²) < 4.78 is 0.697. The molecule has 1 aromatic rings. The summed E-state index contributed by atoms with van der Waals surface area (Å²) in [6.07, 6.45) is 1.14. The zero-order valence-electron chi connectivity index (χ0n) is 5.33. The number of hydrogen-bond acceptors (Lipinski definition) is 3. The van der Waals surface area contributed by atoms with Crippen LogP contribution in [0.5, 0.6) is 0 Å². The van der Waals surface area contributed by atoms with E-state index in [4.69, 9.17) is 0 Å². The van der Waals surface area contributed by atoms with E-state index >= 15 is 0 Å². The zero-order chi connectivity index (χ0) is 6.85. The van der Waals surface area contributed by atoms with Gasteiger partial charge in [0.25, 0.3) is 0 Å². The third kappa shape index (κ3) is 0.960. The van der Waals surface area contributed by atoms with Crippen molar-refractivity contribution in [3.05, 3.63) is 22.9 Å². The molecule has 0 unspecified atom stereocenters. The van der Waals surface area contributed by atoms with E-state index in [9.17, 15) is 5.21 Å². The Bertz CT molecular complexity index is 203. The molecule has 0 saturated heterocycles. The van der Waals surface area contributed by atoms with Crippen molar-refractivity contribution in [2.45, 2.75) is 13.8 Å². The standard InChI is InChI=1S/C5H7N3O/c1-4-5(2)8(9)3-6-7-4/h3H,1-2H3. The van der Waals surface area contributed by atoms with Crippen molar-refractivity contribution >= 4 is 0 Å². The highest BCUT2D eigenvalue weighted by Crippen LogP contribution is 1.89. The van der Waals surface area contributed by atoms with Crippen molar-refractivity contribution in [2.75, 3.05) is 0 Å². The van der Waals surface area contributed by atoms with Gasteiger partial charge in [-0.2, -0.15) is 0 Å². The van der Waals surface area contributed by atoms with Crippen molar-refractivity contribution in [3.8, 4) is 0 Å². The van der Waals surface area contributed by atoms with Gasteiger partial charge in [0.15, 0.2) is 0 Å². The Balaban J connectivity index is 3.25. The molecule has 0 spiro atoms. The molecule has 0 bridgehead atoms. The van der Waals surface area contributed by atoms with Gasteiger partial charge in [0, 0.05) is 6.92 Å². The summed E-state index contributed by atoms with van der Waals surface area (Å²) in [5, 5.41) is 17.8. The first-order chi connectivity index (χ1) is 4.22. The molecule has 0 saturated carbocycles. The molecule has 0 aliphatic carbocycles. The quantitative estimate of drug-likeness (QED) is 0.354. The van der Waals surface area contributed by atoms with E-state index in [-0.39, 0.29) is 0 Å². The molecule has 0 aliphatic heterocycles. The monoisotopic (exact) mass is 125 g/mol. The summed E-state index contributed by atoms with van der Waals surface area (Å²) in [6, 6.07) is 0. The molecule has 1 rings (SSSR count). The molecule has 1 aromatic heterocycles. The molecular formula is C5H7N3O. The summed E-state index contributed by atoms with van der Waals surface area (Å²) in [4.78, 5) is 0. The topological polar surface area (TPSA) is 52.7 Å². The summed E-state index contributed by atoms with van der Waals surface area (Å²) >= 11 is 0. The van der Waals surface area contributed by atoms with E-state index in [0.717, 1.165) is 6.33 Å². The van der Waals surface area contributed by atoms with Crippen LogP contribution in [0.2, 0.25) is 0 Å². The Morgan fingerprint density at radius 1 is 1.56 bits per heavy atom. The molecule has 1 heterocycles. The number of aromatic nitrogens is 3. The van der Waals surface area contributed by atoms with E-state index < -0.39 is 0 Å². The Morgan fingerprint density at radius 3 is 2.67 bits per heavy atom. The lowest BCUT2D eigenvalue weighted by Gasteiger charge is -2.01. The Labute approximate surface area is 52.7 Å². The molecule has 0 N–H and O–H groups in total. The minimum absolute atomic E-state index is 0.602. The summed E-state index contributed by atoms with van der Waals surface area (Å²) in [5.41, 5.74) is 1.28. The van der Waals surface area contributed by atoms with Crippen LogP contribution in [0, 0.1) is 19.1 Å². The number of rotatable bonds is 0. The summed E-state index contributed by atoms with van der Waals surface area (Å²) in [6.45, 7) is 3.45. The minimum atomic E-state index is 0.602. The normalized spacial score (nSPS) is 9.56. The maximum atomic E-state index is 10.7. The second-order valence-corrected chi connectivity index (χ2v) is 1.83. The Kier molecular flexibility index (Phi) is 1.30. The van der Waals surface area contributed by atoms with Gasteiger partial charge in [0.2, 0.25) is 0 Å². The number of aryl methyl sites for hydroxylation is 1. The molecule has 9 heavy (non-hydrogen) atoms. The highest BCUT2D eigenvalue weighted by Gasteiger charge is 1.99. The van der Waals surface area contributed by atoms with Crippen LogP contribution in [-0.2, 0) is 0 Å². The van der Waals surface area contributed by atoms with Gasteiger partial charge in [0.1, 0.15) is 11.4 Å². The fourth-order valence-electron chi connectivity index (χ4n) is 0.478. The van der Waals surface area contributed by atoms with Crippen LogP contribution in [0.4, 0.5) is 0 Å². The first-order valence-electron chi connectivity index (χ1n) is 2.60. The molecule has 4 heteroatoms. The van der Waals surface area contributed by atoms with Gasteiger partial charge in [-0.3, -0.25) is 0 Å². The largest absolute Gasteiger partial charge is 0.711 e. The first kappa shape index (κ1) is 5.94. The molecule has 0 aliphatic rings. The lowest BCUT2D eigenvalue weighted by atomic mass is 10.4. The second kappa shape index (κ2) is 1.97. The van der Waals surface area contributed by atoms with Crippen molar-refractivity contribution in [2.24, 2.45) is 0 Å². The van der Waals surface area contributed by atoms with Crippen LogP contribution in [0.3, 0.4) is 0 Å². The van der Waals surface area contributed by atoms with Gasteiger partial charge >= 0.3 is 6.33 Å². The van der Waals surface area contributed by atoms with Crippen LogP contribution >= 0.6 is 0 Å². The maximum Gasteiger partial charge on any atom is 0.317 e. The predicted molar refractivity (Wildman–Crippen MR) is 30.5 cm³/mol. The second-order valence-electron chi connectivity index (χ2n) is 1.83. The third-order valence-electron chi connectivity index (χ3n) is 1.22. The molecule has 0 amide bonds. The van der Waals surface area contributed by atoms with E-state index in [1.165, 1.54) is 0 Å². The number of hydrogen-bond donors (Lipinski definition) is 0. The maximum absolute atomic E-state index is 10.7. The molecule has 0 aromatic carbocycles. The SMILES string of the molecule is Cc1nnc[n+]([O-])c1C. The molecule has 48 valence electrons. The molecule has 0 atom stereocenters. The highest BCUT2D eigenvalue weighted by molar-refractivity contribution is 4.96. The molecule has 0 fully saturated rings. The van der Waals surface area contributed by atoms with Gasteiger partial charge in [-0.15, -0.1) is 0 Å². The zero-order valence-corrected chi connectivity index (χ0v) is 5.33. The van der Waals surface area contributed by atoms with Crippen molar-refractivity contribution in [1.29, 1.82) is 0 Å². The smallest absolute Gasteiger partial charge is 0.317 e. The van der Waals surface area contributed by atoms with Crippen molar-refractivity contribution in [1.82, 2.24) is 10.2 Å². The lowest BCUT2D eigenvalue weighted by molar-refractivity contribution is -0.617. The Morgan fingerprint density at radius 2 is 2.22 bits per heavy atom. The fraction of sp³-hybridized carbons (Fsp3) is 0.400. The minimum Gasteiger partial charge on any atom is -0.711 e. The van der Waals surface area contributed by atoms with Gasteiger partial charge in [0.05, 0.1) is 5.10 Å². The molecular weight excluding hydrogens is 118 g/mol. The van der Waals surface area contributed by atoms with E-state index in [2.05, 4.69) is 10.2 Å². The van der Waals surface area contributed by atoms with Crippen molar-refractivity contribution < 1.29 is 4.73 Å². The van der Waals surface area contributed by atoms with Gasteiger partial charge in [-0.25, -0.2) is 4.73 Å². The average molecular weight is 125 g/mol. The fourth-order valence-corrected chi connectivity index (χ4v) is 0.478. The van der Waals surface area contributed by atoms with Crippen LogP contribution in [0.15, 0.2) is 6.33 Å². The number of nitrogens with zero attached hydrogens (tertiary/aromatic N) is 3. The van der Waals surface area contributed by atoms with Crippen LogP contribution in [-0.4, -0.2) is 10.2 Å². The highest BCUT2D eigenvalue weighted by atomic mass is 16.5. The van der Waals surface area contributed by atoms with Crippen LogP contribution < -0.4 is 4.73 Å². The van der Waals surface area contributed by atoms with Crippen LogP contribution in [0.25, 0.3) is 0 Å². The third-order valence-corrected chi connectivity index (χ3v) is 1.22. The van der Waals surface area contributed by atoms with E-state index in [1.807, 2.05) is 0 Å². The average Bonchev–Trinajstić information content (AvgIpc) is 1.83. The molecule has 0 radical (unpaired) electrons. The summed E-state index contributed by atoms with van der Waals surface area (Å²) in [5.74, 6) is 0. The van der Waals surface area contributed by atoms with Gasteiger partial charge < -0.3 is 5.21 Å². The van der Waals surface area contributed by atoms with Crippen molar-refractivity contribution in [3.63, 3.8) is 0 Å². The van der Waals surface area contributed by atoms with E-state index in [1.54, 1.807) is 13.8 Å². The predicted octanol–water partition coefficient (Wildman–Crippen LogP) is -0.273. The lowest BCUT2D eigenvalue weighted by Crippen LogP contribution is -2.31. The van der Waals surface area contributed by atoms with Crippen LogP contribution in [0.1, 0.15) is 11.4 Å². The summed E-state index contributed by atoms with van der Waals surface area (Å²) in [7, 11) is 0. The first-order valence-corrected chi connectivity index (χ1v) is 2.60. The molecule has 4 nitrogen and oxygen atoms in total. The van der Waals surface area contributed by atoms with Gasteiger partial charge in [-0.1, -0.05) is 0 Å².